The molecule has 4 N–H and O–H groups in total. The maximum Gasteiger partial charge on any atom is 0.495 e. The van der Waals surface area contributed by atoms with Crippen LogP contribution < -0.4 is 21.3 Å². The molecule has 0 heterocycles. The normalized spacial score (nSPS) is 11.5. The zero-order valence-electron chi connectivity index (χ0n) is 24.9. The molecule has 0 saturated heterocycles. The fourth-order valence-electron chi connectivity index (χ4n) is 4.10. The third-order valence-electron chi connectivity index (χ3n) is 6.50. The largest absolute Gasteiger partial charge is 0.495 e. The van der Waals surface area contributed by atoms with Crippen molar-refractivity contribution in [1.29, 1.82) is 0 Å². The molecule has 47 heavy (non-hydrogen) atoms. The molecule has 0 aromatic heterocycles. The lowest BCUT2D eigenvalue weighted by Crippen LogP contribution is -2.39. The summed E-state index contributed by atoms with van der Waals surface area (Å²) >= 11 is 0. The van der Waals surface area contributed by atoms with E-state index in [1.54, 1.807) is 36.4 Å². The molecule has 3 aromatic rings. The first-order valence-corrected chi connectivity index (χ1v) is 14.4. The van der Waals surface area contributed by atoms with Crippen molar-refractivity contribution in [1.82, 2.24) is 21.3 Å². The van der Waals surface area contributed by atoms with E-state index in [9.17, 15) is 41.5 Å². The van der Waals surface area contributed by atoms with Gasteiger partial charge in [0.1, 0.15) is 5.82 Å². The van der Waals surface area contributed by atoms with E-state index in [4.69, 9.17) is 0 Å². The highest BCUT2D eigenvalue weighted by Gasteiger charge is 2.43. The SMILES string of the molecule is O=C(CCCCNC(=O)NCc1ccc(F)cc1)NCC(=O)NC(CC(=O)OOC(=O)C(F)(F)F)c1ccc(-c2ccccc2)cc1. The van der Waals surface area contributed by atoms with Crippen LogP contribution in [0.3, 0.4) is 0 Å². The van der Waals surface area contributed by atoms with E-state index >= 15 is 0 Å². The summed E-state index contributed by atoms with van der Waals surface area (Å²) in [6.45, 7) is 0.0187. The van der Waals surface area contributed by atoms with Crippen LogP contribution in [0.2, 0.25) is 0 Å². The number of rotatable bonds is 14. The van der Waals surface area contributed by atoms with Crippen molar-refractivity contribution in [3.05, 3.63) is 95.8 Å². The molecule has 4 amide bonds. The summed E-state index contributed by atoms with van der Waals surface area (Å²) in [6, 6.07) is 20.0. The van der Waals surface area contributed by atoms with Gasteiger partial charge >= 0.3 is 24.1 Å². The Hall–Kier alpha value is -5.47. The first-order chi connectivity index (χ1) is 22.4. The van der Waals surface area contributed by atoms with Crippen molar-refractivity contribution >= 4 is 29.8 Å². The van der Waals surface area contributed by atoms with Crippen molar-refractivity contribution in [2.45, 2.75) is 44.4 Å². The van der Waals surface area contributed by atoms with Crippen LogP contribution in [0.5, 0.6) is 0 Å². The first kappa shape index (κ1) is 36.0. The molecule has 3 aromatic carbocycles. The van der Waals surface area contributed by atoms with Crippen LogP contribution in [0.15, 0.2) is 78.9 Å². The average molecular weight is 661 g/mol. The van der Waals surface area contributed by atoms with Gasteiger partial charge in [0.05, 0.1) is 19.0 Å². The fraction of sp³-hybridized carbons (Fsp3) is 0.281. The van der Waals surface area contributed by atoms with Gasteiger partial charge in [0, 0.05) is 19.5 Å². The lowest BCUT2D eigenvalue weighted by molar-refractivity contribution is -0.286. The van der Waals surface area contributed by atoms with Crippen molar-refractivity contribution in [2.24, 2.45) is 0 Å². The number of carbonyl (C=O) groups is 5. The highest BCUT2D eigenvalue weighted by atomic mass is 19.4. The van der Waals surface area contributed by atoms with Crippen LogP contribution in [-0.2, 0) is 35.5 Å². The Kier molecular flexibility index (Phi) is 13.7. The Balaban J connectivity index is 1.44. The second kappa shape index (κ2) is 17.9. The Morgan fingerprint density at radius 1 is 0.723 bits per heavy atom. The van der Waals surface area contributed by atoms with Gasteiger partial charge in [-0.25, -0.2) is 28.5 Å². The molecule has 1 atom stereocenters. The number of hydrogen-bond donors (Lipinski definition) is 4. The molecule has 1 unspecified atom stereocenters. The molecule has 0 spiro atoms. The number of carbonyl (C=O) groups excluding carboxylic acids is 5. The van der Waals surface area contributed by atoms with Gasteiger partial charge in [-0.3, -0.25) is 9.59 Å². The minimum atomic E-state index is -5.38. The number of unbranched alkanes of at least 4 members (excludes halogenated alkanes) is 1. The smallest absolute Gasteiger partial charge is 0.347 e. The molecule has 11 nitrogen and oxygen atoms in total. The van der Waals surface area contributed by atoms with Crippen molar-refractivity contribution in [2.75, 3.05) is 13.1 Å². The molecule has 15 heteroatoms. The van der Waals surface area contributed by atoms with Gasteiger partial charge in [-0.05, 0) is 47.2 Å². The van der Waals surface area contributed by atoms with Crippen LogP contribution in [0, 0.1) is 5.82 Å². The van der Waals surface area contributed by atoms with Gasteiger partial charge in [-0.2, -0.15) is 13.2 Å². The number of benzene rings is 3. The Morgan fingerprint density at radius 2 is 1.38 bits per heavy atom. The summed E-state index contributed by atoms with van der Waals surface area (Å²) < 4.78 is 50.1. The topological polar surface area (TPSA) is 152 Å². The van der Waals surface area contributed by atoms with Crippen molar-refractivity contribution in [3.63, 3.8) is 0 Å². The molecule has 0 aliphatic carbocycles. The summed E-state index contributed by atoms with van der Waals surface area (Å²) in [4.78, 5) is 67.4. The Bertz CT molecular complexity index is 1500. The van der Waals surface area contributed by atoms with Crippen LogP contribution in [0.1, 0.15) is 42.9 Å². The van der Waals surface area contributed by atoms with Crippen LogP contribution in [0.25, 0.3) is 11.1 Å². The molecule has 250 valence electrons. The minimum absolute atomic E-state index is 0.0490. The van der Waals surface area contributed by atoms with Gasteiger partial charge in [-0.1, -0.05) is 66.7 Å². The average Bonchev–Trinajstić information content (AvgIpc) is 3.05. The van der Waals surface area contributed by atoms with E-state index in [2.05, 4.69) is 31.0 Å². The predicted octanol–water partition coefficient (Wildman–Crippen LogP) is 4.39. The number of alkyl halides is 3. The van der Waals surface area contributed by atoms with Crippen molar-refractivity contribution < 1.29 is 51.3 Å². The second-order valence-electron chi connectivity index (χ2n) is 10.1. The molecule has 0 aliphatic rings. The summed E-state index contributed by atoms with van der Waals surface area (Å²) in [6.07, 6.45) is -5.17. The van der Waals surface area contributed by atoms with E-state index in [-0.39, 0.29) is 25.3 Å². The van der Waals surface area contributed by atoms with E-state index in [0.29, 0.717) is 18.4 Å². The highest BCUT2D eigenvalue weighted by molar-refractivity contribution is 5.85. The van der Waals surface area contributed by atoms with Gasteiger partial charge in [-0.15, -0.1) is 0 Å². The molecule has 0 aliphatic heterocycles. The summed E-state index contributed by atoms with van der Waals surface area (Å²) in [7, 11) is 0. The number of nitrogens with one attached hydrogen (secondary N) is 4. The van der Waals surface area contributed by atoms with Gasteiger partial charge in [0.15, 0.2) is 0 Å². The monoisotopic (exact) mass is 660 g/mol. The molecular weight excluding hydrogens is 628 g/mol. The molecule has 0 fully saturated rings. The molecule has 0 saturated carbocycles. The first-order valence-electron chi connectivity index (χ1n) is 14.4. The number of halogens is 4. The highest BCUT2D eigenvalue weighted by Crippen LogP contribution is 2.24. The maximum atomic E-state index is 13.0. The number of urea groups is 1. The molecular formula is C32H32F4N4O7. The summed E-state index contributed by atoms with van der Waals surface area (Å²) in [5, 5.41) is 10.2. The lowest BCUT2D eigenvalue weighted by Gasteiger charge is -2.19. The fourth-order valence-corrected chi connectivity index (χ4v) is 4.10. The van der Waals surface area contributed by atoms with Crippen LogP contribution in [-0.4, -0.2) is 49.0 Å². The lowest BCUT2D eigenvalue weighted by atomic mass is 9.99. The van der Waals surface area contributed by atoms with Gasteiger partial charge in [0.2, 0.25) is 11.8 Å². The Morgan fingerprint density at radius 3 is 2.04 bits per heavy atom. The van der Waals surface area contributed by atoms with Crippen molar-refractivity contribution in [3.8, 4) is 11.1 Å². The number of amides is 4. The second-order valence-corrected chi connectivity index (χ2v) is 10.1. The zero-order chi connectivity index (χ0) is 34.2. The third-order valence-corrected chi connectivity index (χ3v) is 6.50. The van der Waals surface area contributed by atoms with Crippen LogP contribution >= 0.6 is 0 Å². The summed E-state index contributed by atoms with van der Waals surface area (Å²) in [5.74, 6) is -5.63. The van der Waals surface area contributed by atoms with E-state index in [1.165, 1.54) is 12.1 Å². The summed E-state index contributed by atoms with van der Waals surface area (Å²) in [5.41, 5.74) is 2.81. The van der Waals surface area contributed by atoms with E-state index < -0.39 is 55.0 Å². The van der Waals surface area contributed by atoms with E-state index in [1.807, 2.05) is 30.3 Å². The molecule has 0 bridgehead atoms. The minimum Gasteiger partial charge on any atom is -0.347 e. The predicted molar refractivity (Wildman–Crippen MR) is 159 cm³/mol. The Labute approximate surface area is 266 Å². The van der Waals surface area contributed by atoms with Gasteiger partial charge in [0.25, 0.3) is 0 Å². The van der Waals surface area contributed by atoms with Crippen LogP contribution in [0.4, 0.5) is 22.4 Å². The quantitative estimate of drug-likeness (QED) is 0.0867. The van der Waals surface area contributed by atoms with Gasteiger partial charge < -0.3 is 21.3 Å². The zero-order valence-corrected chi connectivity index (χ0v) is 24.9. The van der Waals surface area contributed by atoms with E-state index in [0.717, 1.165) is 16.7 Å². The standard InChI is InChI=1S/C32H32F4N4O7/c33-25-15-9-21(10-16-25)19-39-31(45)37-17-5-4-8-27(41)38-20-28(42)40-26(18-29(43)46-47-30(44)32(34,35)36)24-13-11-23(12-14-24)22-6-2-1-3-7-22/h1-3,6-7,9-16,26H,4-5,8,17-20H2,(H,38,41)(H,40,42)(H2,37,39,45). The molecule has 0 radical (unpaired) electrons. The molecule has 3 rings (SSSR count). The number of hydrogen-bond acceptors (Lipinski definition) is 7. The third kappa shape index (κ3) is 13.2. The maximum absolute atomic E-state index is 13.0.